The standard InChI is InChI=1S/C15H31NO/c1-5-13-8-6-7-9-14(13)16-11-15(4,17)10-12(2)3/h12-14,16-17H,5-11H2,1-4H3. The summed E-state index contributed by atoms with van der Waals surface area (Å²) in [5.41, 5.74) is -0.552. The van der Waals surface area contributed by atoms with Crippen LogP contribution >= 0.6 is 0 Å². The van der Waals surface area contributed by atoms with Gasteiger partial charge in [0, 0.05) is 12.6 Å². The van der Waals surface area contributed by atoms with Crippen LogP contribution in [0.25, 0.3) is 0 Å². The number of hydrogen-bond acceptors (Lipinski definition) is 2. The van der Waals surface area contributed by atoms with E-state index in [1.807, 2.05) is 6.92 Å². The van der Waals surface area contributed by atoms with E-state index in [9.17, 15) is 5.11 Å². The Morgan fingerprint density at radius 1 is 1.29 bits per heavy atom. The average molecular weight is 241 g/mol. The molecule has 0 radical (unpaired) electrons. The Kier molecular flexibility index (Phi) is 5.94. The quantitative estimate of drug-likeness (QED) is 0.747. The van der Waals surface area contributed by atoms with Crippen molar-refractivity contribution in [2.24, 2.45) is 11.8 Å². The normalized spacial score (nSPS) is 29.3. The maximum absolute atomic E-state index is 10.3. The predicted molar refractivity (Wildman–Crippen MR) is 74.1 cm³/mol. The fourth-order valence-corrected chi connectivity index (χ4v) is 3.27. The van der Waals surface area contributed by atoms with Crippen molar-refractivity contribution < 1.29 is 5.11 Å². The molecule has 3 unspecified atom stereocenters. The molecular weight excluding hydrogens is 210 g/mol. The van der Waals surface area contributed by atoms with Gasteiger partial charge in [-0.15, -0.1) is 0 Å². The molecule has 0 bridgehead atoms. The molecule has 2 N–H and O–H groups in total. The van der Waals surface area contributed by atoms with Crippen molar-refractivity contribution in [3.63, 3.8) is 0 Å². The van der Waals surface area contributed by atoms with E-state index in [1.54, 1.807) is 0 Å². The number of aliphatic hydroxyl groups is 1. The van der Waals surface area contributed by atoms with Crippen molar-refractivity contribution in [1.82, 2.24) is 5.32 Å². The van der Waals surface area contributed by atoms with Crippen LogP contribution in [0.2, 0.25) is 0 Å². The van der Waals surface area contributed by atoms with Gasteiger partial charge < -0.3 is 10.4 Å². The van der Waals surface area contributed by atoms with Gasteiger partial charge in [-0.25, -0.2) is 0 Å². The minimum absolute atomic E-state index is 0.552. The maximum Gasteiger partial charge on any atom is 0.0746 e. The van der Waals surface area contributed by atoms with E-state index in [1.165, 1.54) is 32.1 Å². The topological polar surface area (TPSA) is 32.3 Å². The molecule has 3 atom stereocenters. The summed E-state index contributed by atoms with van der Waals surface area (Å²) in [6.07, 6.45) is 7.53. The van der Waals surface area contributed by atoms with Gasteiger partial charge in [0.1, 0.15) is 0 Å². The zero-order valence-electron chi connectivity index (χ0n) is 12.1. The van der Waals surface area contributed by atoms with E-state index in [0.29, 0.717) is 12.0 Å². The maximum atomic E-state index is 10.3. The summed E-state index contributed by atoms with van der Waals surface area (Å²) in [7, 11) is 0. The number of nitrogens with one attached hydrogen (secondary N) is 1. The highest BCUT2D eigenvalue weighted by Crippen LogP contribution is 2.27. The van der Waals surface area contributed by atoms with Crippen molar-refractivity contribution in [1.29, 1.82) is 0 Å². The lowest BCUT2D eigenvalue weighted by Crippen LogP contribution is -2.46. The largest absolute Gasteiger partial charge is 0.389 e. The van der Waals surface area contributed by atoms with Crippen LogP contribution < -0.4 is 5.32 Å². The van der Waals surface area contributed by atoms with Crippen LogP contribution in [0.1, 0.15) is 66.2 Å². The predicted octanol–water partition coefficient (Wildman–Crippen LogP) is 3.34. The molecule has 1 rings (SSSR count). The smallest absolute Gasteiger partial charge is 0.0746 e. The minimum Gasteiger partial charge on any atom is -0.389 e. The van der Waals surface area contributed by atoms with Crippen molar-refractivity contribution in [2.75, 3.05) is 6.54 Å². The SMILES string of the molecule is CCC1CCCCC1NCC(C)(O)CC(C)C. The third kappa shape index (κ3) is 5.39. The monoisotopic (exact) mass is 241 g/mol. The van der Waals surface area contributed by atoms with Gasteiger partial charge in [-0.05, 0) is 38.0 Å². The first-order chi connectivity index (χ1) is 7.94. The fourth-order valence-electron chi connectivity index (χ4n) is 3.27. The van der Waals surface area contributed by atoms with Crippen molar-refractivity contribution in [3.8, 4) is 0 Å². The van der Waals surface area contributed by atoms with E-state index in [0.717, 1.165) is 18.9 Å². The van der Waals surface area contributed by atoms with Gasteiger partial charge in [0.15, 0.2) is 0 Å². The molecule has 102 valence electrons. The van der Waals surface area contributed by atoms with Crippen molar-refractivity contribution in [3.05, 3.63) is 0 Å². The Morgan fingerprint density at radius 3 is 2.53 bits per heavy atom. The Hall–Kier alpha value is -0.0800. The third-order valence-electron chi connectivity index (χ3n) is 4.03. The zero-order valence-corrected chi connectivity index (χ0v) is 12.1. The van der Waals surface area contributed by atoms with E-state index < -0.39 is 5.60 Å². The summed E-state index contributed by atoms with van der Waals surface area (Å²) < 4.78 is 0. The molecule has 0 aromatic rings. The summed E-state index contributed by atoms with van der Waals surface area (Å²) in [6.45, 7) is 9.33. The highest BCUT2D eigenvalue weighted by Gasteiger charge is 2.27. The lowest BCUT2D eigenvalue weighted by Gasteiger charge is -2.35. The molecule has 17 heavy (non-hydrogen) atoms. The van der Waals surface area contributed by atoms with Crippen LogP contribution in [0.3, 0.4) is 0 Å². The van der Waals surface area contributed by atoms with Crippen LogP contribution in [-0.4, -0.2) is 23.3 Å². The highest BCUT2D eigenvalue weighted by molar-refractivity contribution is 4.84. The number of rotatable bonds is 6. The second-order valence-corrected chi connectivity index (χ2v) is 6.54. The molecule has 1 aliphatic carbocycles. The first-order valence-electron chi connectivity index (χ1n) is 7.40. The molecular formula is C15H31NO. The fraction of sp³-hybridized carbons (Fsp3) is 1.00. The van der Waals surface area contributed by atoms with E-state index in [-0.39, 0.29) is 0 Å². The summed E-state index contributed by atoms with van der Waals surface area (Å²) in [6, 6.07) is 0.632. The van der Waals surface area contributed by atoms with Gasteiger partial charge in [-0.1, -0.05) is 40.0 Å². The van der Waals surface area contributed by atoms with Gasteiger partial charge in [0.05, 0.1) is 5.60 Å². The summed E-state index contributed by atoms with van der Waals surface area (Å²) in [5, 5.41) is 13.9. The van der Waals surface area contributed by atoms with Gasteiger partial charge in [0.2, 0.25) is 0 Å². The van der Waals surface area contributed by atoms with Crippen LogP contribution in [0.4, 0.5) is 0 Å². The molecule has 2 heteroatoms. The molecule has 1 fully saturated rings. The molecule has 0 amide bonds. The van der Waals surface area contributed by atoms with E-state index in [4.69, 9.17) is 0 Å². The number of hydrogen-bond donors (Lipinski definition) is 2. The third-order valence-corrected chi connectivity index (χ3v) is 4.03. The van der Waals surface area contributed by atoms with Crippen LogP contribution in [0.5, 0.6) is 0 Å². The minimum atomic E-state index is -0.552. The van der Waals surface area contributed by atoms with Crippen LogP contribution in [0.15, 0.2) is 0 Å². The molecule has 2 nitrogen and oxygen atoms in total. The van der Waals surface area contributed by atoms with Crippen LogP contribution in [-0.2, 0) is 0 Å². The second kappa shape index (κ2) is 6.75. The average Bonchev–Trinajstić information content (AvgIpc) is 2.25. The molecule has 0 aromatic carbocycles. The second-order valence-electron chi connectivity index (χ2n) is 6.54. The lowest BCUT2D eigenvalue weighted by atomic mass is 9.82. The van der Waals surface area contributed by atoms with Gasteiger partial charge in [-0.2, -0.15) is 0 Å². The lowest BCUT2D eigenvalue weighted by molar-refractivity contribution is 0.0318. The Balaban J connectivity index is 2.37. The highest BCUT2D eigenvalue weighted by atomic mass is 16.3. The summed E-state index contributed by atoms with van der Waals surface area (Å²) >= 11 is 0. The van der Waals surface area contributed by atoms with Gasteiger partial charge in [0.25, 0.3) is 0 Å². The Morgan fingerprint density at radius 2 is 1.94 bits per heavy atom. The Bertz CT molecular complexity index is 213. The molecule has 0 aliphatic heterocycles. The molecule has 1 aliphatic rings. The Labute approximate surface area is 107 Å². The first-order valence-corrected chi connectivity index (χ1v) is 7.40. The molecule has 0 heterocycles. The molecule has 1 saturated carbocycles. The zero-order chi connectivity index (χ0) is 12.9. The van der Waals surface area contributed by atoms with Gasteiger partial charge in [-0.3, -0.25) is 0 Å². The van der Waals surface area contributed by atoms with E-state index >= 15 is 0 Å². The van der Waals surface area contributed by atoms with Crippen molar-refractivity contribution >= 4 is 0 Å². The van der Waals surface area contributed by atoms with Crippen molar-refractivity contribution in [2.45, 2.75) is 77.9 Å². The van der Waals surface area contributed by atoms with Crippen LogP contribution in [0, 0.1) is 11.8 Å². The van der Waals surface area contributed by atoms with Gasteiger partial charge >= 0.3 is 0 Å². The summed E-state index contributed by atoms with van der Waals surface area (Å²) in [4.78, 5) is 0. The first kappa shape index (κ1) is 15.0. The molecule has 0 aromatic heterocycles. The van der Waals surface area contributed by atoms with E-state index in [2.05, 4.69) is 26.1 Å². The molecule has 0 saturated heterocycles. The summed E-state index contributed by atoms with van der Waals surface area (Å²) in [5.74, 6) is 1.37. The molecule has 0 spiro atoms.